The van der Waals surface area contributed by atoms with Crippen molar-refractivity contribution in [2.24, 2.45) is 5.84 Å². The van der Waals surface area contributed by atoms with Crippen molar-refractivity contribution in [2.75, 3.05) is 0 Å². The predicted octanol–water partition coefficient (Wildman–Crippen LogP) is 1.41. The Hall–Kier alpha value is -0.380. The molecule has 10 heavy (non-hydrogen) atoms. The Bertz CT molecular complexity index is 213. The summed E-state index contributed by atoms with van der Waals surface area (Å²) in [5.41, 5.74) is 3.77. The molecular weight excluding hydrogens is 192 g/mol. The standard InChI is InChI=1S/C7H9BrN2/c8-7-3-1-2-6(4-7)5-10-9/h1-4,10H,5,9H2. The Kier molecular flexibility index (Phi) is 2.86. The lowest BCUT2D eigenvalue weighted by molar-refractivity contribution is 0.741. The third-order valence-corrected chi connectivity index (χ3v) is 1.69. The number of benzene rings is 1. The molecule has 54 valence electrons. The van der Waals surface area contributed by atoms with Gasteiger partial charge in [0.15, 0.2) is 0 Å². The minimum Gasteiger partial charge on any atom is -0.271 e. The van der Waals surface area contributed by atoms with E-state index < -0.39 is 0 Å². The molecule has 0 aromatic heterocycles. The van der Waals surface area contributed by atoms with Gasteiger partial charge < -0.3 is 0 Å². The summed E-state index contributed by atoms with van der Waals surface area (Å²) in [5, 5.41) is 0. The van der Waals surface area contributed by atoms with E-state index in [-0.39, 0.29) is 0 Å². The zero-order chi connectivity index (χ0) is 7.40. The van der Waals surface area contributed by atoms with Crippen molar-refractivity contribution in [2.45, 2.75) is 6.54 Å². The number of hydrogen-bond acceptors (Lipinski definition) is 2. The van der Waals surface area contributed by atoms with Crippen molar-refractivity contribution in [3.63, 3.8) is 0 Å². The van der Waals surface area contributed by atoms with Crippen LogP contribution in [0, 0.1) is 0 Å². The number of rotatable bonds is 2. The maximum absolute atomic E-state index is 5.15. The Morgan fingerprint density at radius 3 is 2.90 bits per heavy atom. The van der Waals surface area contributed by atoms with Crippen LogP contribution in [0.4, 0.5) is 0 Å². The van der Waals surface area contributed by atoms with Gasteiger partial charge in [0.25, 0.3) is 0 Å². The van der Waals surface area contributed by atoms with Crippen molar-refractivity contribution in [3.8, 4) is 0 Å². The topological polar surface area (TPSA) is 38.0 Å². The first kappa shape index (κ1) is 7.72. The molecule has 0 radical (unpaired) electrons. The van der Waals surface area contributed by atoms with Crippen LogP contribution < -0.4 is 11.3 Å². The molecule has 0 saturated carbocycles. The highest BCUT2D eigenvalue weighted by molar-refractivity contribution is 9.10. The average molecular weight is 201 g/mol. The van der Waals surface area contributed by atoms with Gasteiger partial charge in [-0.15, -0.1) is 0 Å². The summed E-state index contributed by atoms with van der Waals surface area (Å²) in [5.74, 6) is 5.15. The van der Waals surface area contributed by atoms with Gasteiger partial charge in [-0.25, -0.2) is 0 Å². The van der Waals surface area contributed by atoms with Gasteiger partial charge in [0.1, 0.15) is 0 Å². The highest BCUT2D eigenvalue weighted by atomic mass is 79.9. The molecular formula is C7H9BrN2. The van der Waals surface area contributed by atoms with E-state index in [2.05, 4.69) is 21.4 Å². The summed E-state index contributed by atoms with van der Waals surface area (Å²) in [6.45, 7) is 0.708. The van der Waals surface area contributed by atoms with Gasteiger partial charge in [0.2, 0.25) is 0 Å². The zero-order valence-corrected chi connectivity index (χ0v) is 7.06. The molecule has 0 fully saturated rings. The number of hydrogen-bond donors (Lipinski definition) is 2. The first-order valence-corrected chi connectivity index (χ1v) is 3.80. The number of nitrogens with one attached hydrogen (secondary N) is 1. The van der Waals surface area contributed by atoms with Crippen LogP contribution in [0.2, 0.25) is 0 Å². The van der Waals surface area contributed by atoms with Crippen LogP contribution in [0.5, 0.6) is 0 Å². The van der Waals surface area contributed by atoms with Crippen LogP contribution in [0.1, 0.15) is 5.56 Å². The molecule has 0 saturated heterocycles. The Labute approximate surface area is 68.5 Å². The molecule has 3 heteroatoms. The van der Waals surface area contributed by atoms with E-state index in [1.54, 1.807) is 0 Å². The van der Waals surface area contributed by atoms with Gasteiger partial charge in [-0.3, -0.25) is 11.3 Å². The summed E-state index contributed by atoms with van der Waals surface area (Å²) in [4.78, 5) is 0. The SMILES string of the molecule is NNCc1cccc(Br)c1. The summed E-state index contributed by atoms with van der Waals surface area (Å²) in [7, 11) is 0. The average Bonchev–Trinajstić information content (AvgIpc) is 1.88. The maximum atomic E-state index is 5.15. The molecule has 0 aliphatic rings. The molecule has 3 N–H and O–H groups in total. The van der Waals surface area contributed by atoms with Crippen molar-refractivity contribution >= 4 is 15.9 Å². The minimum absolute atomic E-state index is 0.708. The van der Waals surface area contributed by atoms with Crippen LogP contribution in [0.25, 0.3) is 0 Å². The molecule has 1 rings (SSSR count). The number of nitrogens with two attached hydrogens (primary N) is 1. The first-order valence-electron chi connectivity index (χ1n) is 3.01. The van der Waals surface area contributed by atoms with Crippen molar-refractivity contribution in [1.82, 2.24) is 5.43 Å². The highest BCUT2D eigenvalue weighted by Crippen LogP contribution is 2.10. The van der Waals surface area contributed by atoms with Gasteiger partial charge in [-0.1, -0.05) is 28.1 Å². The third-order valence-electron chi connectivity index (χ3n) is 1.20. The van der Waals surface area contributed by atoms with E-state index >= 15 is 0 Å². The van der Waals surface area contributed by atoms with Gasteiger partial charge >= 0.3 is 0 Å². The second-order valence-corrected chi connectivity index (χ2v) is 2.93. The zero-order valence-electron chi connectivity index (χ0n) is 5.47. The monoisotopic (exact) mass is 200 g/mol. The van der Waals surface area contributed by atoms with Crippen LogP contribution in [0.3, 0.4) is 0 Å². The van der Waals surface area contributed by atoms with Crippen molar-refractivity contribution < 1.29 is 0 Å². The summed E-state index contributed by atoms with van der Waals surface area (Å²) >= 11 is 3.36. The first-order chi connectivity index (χ1) is 4.83. The van der Waals surface area contributed by atoms with Crippen LogP contribution in [0.15, 0.2) is 28.7 Å². The molecule has 0 heterocycles. The normalized spacial score (nSPS) is 9.80. The summed E-state index contributed by atoms with van der Waals surface area (Å²) in [6, 6.07) is 8.02. The minimum atomic E-state index is 0.708. The summed E-state index contributed by atoms with van der Waals surface area (Å²) < 4.78 is 1.08. The molecule has 0 amide bonds. The van der Waals surface area contributed by atoms with E-state index in [9.17, 15) is 0 Å². The molecule has 0 unspecified atom stereocenters. The molecule has 1 aromatic carbocycles. The lowest BCUT2D eigenvalue weighted by Crippen LogP contribution is -2.20. The Morgan fingerprint density at radius 1 is 1.50 bits per heavy atom. The smallest absolute Gasteiger partial charge is 0.0349 e. The van der Waals surface area contributed by atoms with E-state index in [1.807, 2.05) is 24.3 Å². The number of hydrazine groups is 1. The van der Waals surface area contributed by atoms with E-state index in [0.717, 1.165) is 4.47 Å². The Morgan fingerprint density at radius 2 is 2.30 bits per heavy atom. The van der Waals surface area contributed by atoms with E-state index in [0.29, 0.717) is 6.54 Å². The fourth-order valence-corrected chi connectivity index (χ4v) is 1.21. The lowest BCUT2D eigenvalue weighted by atomic mass is 10.2. The molecule has 0 bridgehead atoms. The van der Waals surface area contributed by atoms with Gasteiger partial charge in [0.05, 0.1) is 0 Å². The van der Waals surface area contributed by atoms with Crippen LogP contribution >= 0.6 is 15.9 Å². The number of halogens is 1. The van der Waals surface area contributed by atoms with Gasteiger partial charge in [-0.05, 0) is 17.7 Å². The van der Waals surface area contributed by atoms with Gasteiger partial charge in [0, 0.05) is 11.0 Å². The molecule has 0 spiro atoms. The van der Waals surface area contributed by atoms with E-state index in [4.69, 9.17) is 5.84 Å². The predicted molar refractivity (Wildman–Crippen MR) is 45.2 cm³/mol. The van der Waals surface area contributed by atoms with Crippen molar-refractivity contribution in [3.05, 3.63) is 34.3 Å². The second-order valence-electron chi connectivity index (χ2n) is 2.01. The highest BCUT2D eigenvalue weighted by Gasteiger charge is 1.89. The maximum Gasteiger partial charge on any atom is 0.0349 e. The fourth-order valence-electron chi connectivity index (χ4n) is 0.765. The Balaban J connectivity index is 2.75. The third kappa shape index (κ3) is 2.10. The quantitative estimate of drug-likeness (QED) is 0.560. The van der Waals surface area contributed by atoms with Crippen LogP contribution in [-0.2, 0) is 6.54 Å². The fraction of sp³-hybridized carbons (Fsp3) is 0.143. The van der Waals surface area contributed by atoms with Crippen molar-refractivity contribution in [1.29, 1.82) is 0 Å². The van der Waals surface area contributed by atoms with E-state index in [1.165, 1.54) is 5.56 Å². The molecule has 0 aliphatic heterocycles. The second kappa shape index (κ2) is 3.71. The largest absolute Gasteiger partial charge is 0.271 e. The lowest BCUT2D eigenvalue weighted by Gasteiger charge is -1.98. The molecule has 0 atom stereocenters. The molecule has 0 aliphatic carbocycles. The molecule has 2 nitrogen and oxygen atoms in total. The molecule has 1 aromatic rings. The van der Waals surface area contributed by atoms with Crippen LogP contribution in [-0.4, -0.2) is 0 Å². The van der Waals surface area contributed by atoms with Gasteiger partial charge in [-0.2, -0.15) is 0 Å². The summed E-state index contributed by atoms with van der Waals surface area (Å²) in [6.07, 6.45) is 0.